The smallest absolute Gasteiger partial charge is 0.326 e. The van der Waals surface area contributed by atoms with E-state index in [4.69, 9.17) is 9.79 Å². The van der Waals surface area contributed by atoms with Crippen LogP contribution >= 0.6 is 8.60 Å². The highest BCUT2D eigenvalue weighted by Gasteiger charge is 1.99. The molecule has 12 heavy (non-hydrogen) atoms. The van der Waals surface area contributed by atoms with Crippen LogP contribution in [0.25, 0.3) is 0 Å². The minimum atomic E-state index is -2.10. The number of hydrogen-bond donors (Lipinski definition) is 2. The molecule has 0 spiro atoms. The average molecular weight is 194 g/mol. The molecule has 2 N–H and O–H groups in total. The van der Waals surface area contributed by atoms with Crippen molar-refractivity contribution >= 4 is 8.60 Å². The van der Waals surface area contributed by atoms with Crippen molar-refractivity contribution < 1.29 is 14.3 Å². The number of hydrogen-bond acceptors (Lipinski definition) is 5. The molecule has 1 aliphatic rings. The highest BCUT2D eigenvalue weighted by atomic mass is 31.2. The lowest BCUT2D eigenvalue weighted by Crippen LogP contribution is -2.17. The normalized spacial score (nSPS) is 15.2. The van der Waals surface area contributed by atoms with Crippen molar-refractivity contribution in [2.75, 3.05) is 27.9 Å². The molecule has 0 bridgehead atoms. The summed E-state index contributed by atoms with van der Waals surface area (Å²) in [5, 5.41) is 0. The molecule has 1 aliphatic heterocycles. The minimum Gasteiger partial charge on any atom is -0.362 e. The van der Waals surface area contributed by atoms with Gasteiger partial charge in [-0.3, -0.25) is 0 Å². The van der Waals surface area contributed by atoms with E-state index < -0.39 is 8.60 Å². The predicted octanol–water partition coefficient (Wildman–Crippen LogP) is 0.137. The minimum absolute atomic E-state index is 1.03. The zero-order chi connectivity index (χ0) is 9.56. The lowest BCUT2D eigenvalue weighted by molar-refractivity contribution is 0.310. The number of rotatable bonds is 1. The lowest BCUT2D eigenvalue weighted by Gasteiger charge is -2.10. The first-order valence-electron chi connectivity index (χ1n) is 3.37. The van der Waals surface area contributed by atoms with E-state index in [-0.39, 0.29) is 0 Å². The maximum atomic E-state index is 7.76. The fourth-order valence-corrected chi connectivity index (χ4v) is 0.674. The van der Waals surface area contributed by atoms with Crippen molar-refractivity contribution in [1.82, 2.24) is 9.80 Å². The fraction of sp³-hybridized carbons (Fsp3) is 0.667. The second-order valence-electron chi connectivity index (χ2n) is 2.39. The van der Waals surface area contributed by atoms with Gasteiger partial charge in [-0.1, -0.05) is 0 Å². The van der Waals surface area contributed by atoms with Gasteiger partial charge in [-0.15, -0.1) is 0 Å². The van der Waals surface area contributed by atoms with Crippen LogP contribution < -0.4 is 0 Å². The molecule has 72 valence electrons. The van der Waals surface area contributed by atoms with Crippen LogP contribution in [0.4, 0.5) is 0 Å². The monoisotopic (exact) mass is 194 g/mol. The van der Waals surface area contributed by atoms with Crippen molar-refractivity contribution in [3.63, 3.8) is 0 Å². The molecule has 0 saturated carbocycles. The van der Waals surface area contributed by atoms with Gasteiger partial charge in [0.1, 0.15) is 0 Å². The largest absolute Gasteiger partial charge is 0.362 e. The Morgan fingerprint density at radius 3 is 1.67 bits per heavy atom. The van der Waals surface area contributed by atoms with E-state index in [2.05, 4.69) is 40.8 Å². The molecule has 0 aromatic carbocycles. The molecule has 0 aromatic rings. The summed E-state index contributed by atoms with van der Waals surface area (Å²) in [4.78, 5) is 19.8. The third-order valence-electron chi connectivity index (χ3n) is 1.19. The van der Waals surface area contributed by atoms with E-state index in [1.54, 1.807) is 0 Å². The summed E-state index contributed by atoms with van der Waals surface area (Å²) >= 11 is 0. The van der Waals surface area contributed by atoms with Crippen LogP contribution in [0.3, 0.4) is 0 Å². The maximum Gasteiger partial charge on any atom is 0.326 e. The second-order valence-corrected chi connectivity index (χ2v) is 3.26. The Hall–Kier alpha value is -0.350. The zero-order valence-corrected chi connectivity index (χ0v) is 8.40. The van der Waals surface area contributed by atoms with Crippen LogP contribution in [0, 0.1) is 0 Å². The molecule has 0 radical (unpaired) electrons. The van der Waals surface area contributed by atoms with Gasteiger partial charge in [-0.2, -0.15) is 0 Å². The van der Waals surface area contributed by atoms with Crippen LogP contribution in [0.2, 0.25) is 0 Å². The van der Waals surface area contributed by atoms with Gasteiger partial charge < -0.3 is 24.1 Å². The van der Waals surface area contributed by atoms with E-state index >= 15 is 0 Å². The Morgan fingerprint density at radius 2 is 1.58 bits per heavy atom. The Balaban J connectivity index is 0.000000217. The lowest BCUT2D eigenvalue weighted by atomic mass is 10.9. The first-order chi connectivity index (χ1) is 5.56. The summed E-state index contributed by atoms with van der Waals surface area (Å²) < 4.78 is 3.93. The topological polar surface area (TPSA) is 56.2 Å². The van der Waals surface area contributed by atoms with Crippen LogP contribution in [0.5, 0.6) is 0 Å². The quantitative estimate of drug-likeness (QED) is 0.581. The molecule has 0 fully saturated rings. The van der Waals surface area contributed by atoms with Crippen molar-refractivity contribution in [3.8, 4) is 0 Å². The van der Waals surface area contributed by atoms with Crippen molar-refractivity contribution in [2.45, 2.75) is 0 Å². The van der Waals surface area contributed by atoms with Gasteiger partial charge in [0.25, 0.3) is 0 Å². The first-order valence-corrected chi connectivity index (χ1v) is 4.53. The summed E-state index contributed by atoms with van der Waals surface area (Å²) in [6, 6.07) is 0. The summed E-state index contributed by atoms with van der Waals surface area (Å²) in [5.74, 6) is 0. The van der Waals surface area contributed by atoms with Crippen molar-refractivity contribution in [2.24, 2.45) is 0 Å². The zero-order valence-electron chi connectivity index (χ0n) is 7.51. The van der Waals surface area contributed by atoms with Gasteiger partial charge in [0, 0.05) is 33.6 Å². The van der Waals surface area contributed by atoms with Crippen LogP contribution in [-0.2, 0) is 4.52 Å². The SMILES string of the molecule is CN1C=CN(C)C1.COP(O)O. The molecular formula is C6H15N2O3P. The summed E-state index contributed by atoms with van der Waals surface area (Å²) in [5.41, 5.74) is 0. The fourth-order valence-electron chi connectivity index (χ4n) is 0.674. The van der Waals surface area contributed by atoms with Gasteiger partial charge >= 0.3 is 8.60 Å². The summed E-state index contributed by atoms with van der Waals surface area (Å²) in [6.45, 7) is 1.03. The van der Waals surface area contributed by atoms with Gasteiger partial charge in [0.05, 0.1) is 6.67 Å². The molecule has 0 aromatic heterocycles. The highest BCUT2D eigenvalue weighted by Crippen LogP contribution is 2.20. The van der Waals surface area contributed by atoms with E-state index in [9.17, 15) is 0 Å². The average Bonchev–Trinajstić information content (AvgIpc) is 2.36. The molecule has 6 heteroatoms. The summed E-state index contributed by atoms with van der Waals surface area (Å²) in [7, 11) is 3.24. The van der Waals surface area contributed by atoms with Gasteiger partial charge in [0.2, 0.25) is 0 Å². The maximum absolute atomic E-state index is 7.76. The second kappa shape index (κ2) is 6.20. The third-order valence-corrected chi connectivity index (χ3v) is 1.51. The van der Waals surface area contributed by atoms with E-state index in [0.29, 0.717) is 0 Å². The van der Waals surface area contributed by atoms with Gasteiger partial charge in [-0.05, 0) is 0 Å². The Morgan fingerprint density at radius 1 is 1.25 bits per heavy atom. The molecule has 0 amide bonds. The van der Waals surface area contributed by atoms with Crippen molar-refractivity contribution in [1.29, 1.82) is 0 Å². The number of nitrogens with zero attached hydrogens (tertiary/aromatic N) is 2. The van der Waals surface area contributed by atoms with E-state index in [1.807, 2.05) is 0 Å². The Labute approximate surface area is 73.9 Å². The summed E-state index contributed by atoms with van der Waals surface area (Å²) in [6.07, 6.45) is 4.11. The van der Waals surface area contributed by atoms with E-state index in [1.165, 1.54) is 7.11 Å². The van der Waals surface area contributed by atoms with Gasteiger partial charge in [-0.25, -0.2) is 0 Å². The highest BCUT2D eigenvalue weighted by molar-refractivity contribution is 7.39. The van der Waals surface area contributed by atoms with Crippen molar-refractivity contribution in [3.05, 3.63) is 12.4 Å². The molecular weight excluding hydrogens is 179 g/mol. The molecule has 1 heterocycles. The molecule has 0 unspecified atom stereocenters. The Kier molecular flexibility index (Phi) is 6.02. The molecule has 0 aliphatic carbocycles. The predicted molar refractivity (Wildman–Crippen MR) is 47.9 cm³/mol. The van der Waals surface area contributed by atoms with Crippen LogP contribution in [-0.4, -0.2) is 47.5 Å². The molecule has 0 atom stereocenters. The standard InChI is InChI=1S/C5H10N2.CH5O3P/c1-6-3-4-7(2)5-6;1-4-5(2)3/h3-4H,5H2,1-2H3;2-3H,1H3. The third kappa shape index (κ3) is 6.37. The van der Waals surface area contributed by atoms with E-state index in [0.717, 1.165) is 6.67 Å². The van der Waals surface area contributed by atoms with Crippen LogP contribution in [0.1, 0.15) is 0 Å². The van der Waals surface area contributed by atoms with Crippen LogP contribution in [0.15, 0.2) is 12.4 Å². The van der Waals surface area contributed by atoms with Gasteiger partial charge in [0.15, 0.2) is 0 Å². The first kappa shape index (κ1) is 11.6. The molecule has 1 rings (SSSR count). The molecule has 0 saturated heterocycles. The molecule has 5 nitrogen and oxygen atoms in total. The Bertz CT molecular complexity index is 133.